The minimum Gasteiger partial charge on any atom is -0.496 e. The highest BCUT2D eigenvalue weighted by Crippen LogP contribution is 2.22. The maximum atomic E-state index is 12.4. The van der Waals surface area contributed by atoms with E-state index in [9.17, 15) is 4.79 Å². The van der Waals surface area contributed by atoms with E-state index in [0.717, 1.165) is 16.5 Å². The van der Waals surface area contributed by atoms with Crippen LogP contribution in [0, 0.1) is 0 Å². The molecule has 0 heterocycles. The molecule has 1 atom stereocenters. The van der Waals surface area contributed by atoms with Crippen LogP contribution in [0.15, 0.2) is 53.0 Å². The Morgan fingerprint density at radius 3 is 2.48 bits per heavy atom. The summed E-state index contributed by atoms with van der Waals surface area (Å²) in [7, 11) is 1.57. The Bertz CT molecular complexity index is 610. The quantitative estimate of drug-likeness (QED) is 0.873. The molecule has 1 unspecified atom stereocenters. The number of methoxy groups -OCH3 is 1. The van der Waals surface area contributed by atoms with Crippen LogP contribution in [-0.4, -0.2) is 13.0 Å². The van der Waals surface area contributed by atoms with Crippen LogP contribution in [-0.2, 0) is 0 Å². The van der Waals surface area contributed by atoms with Crippen molar-refractivity contribution < 1.29 is 9.53 Å². The van der Waals surface area contributed by atoms with Gasteiger partial charge in [0, 0.05) is 4.47 Å². The van der Waals surface area contributed by atoms with E-state index in [2.05, 4.69) is 28.2 Å². The van der Waals surface area contributed by atoms with Crippen molar-refractivity contribution in [2.45, 2.75) is 19.4 Å². The Kier molecular flexibility index (Phi) is 5.39. The van der Waals surface area contributed by atoms with E-state index >= 15 is 0 Å². The van der Waals surface area contributed by atoms with Gasteiger partial charge in [0.2, 0.25) is 0 Å². The van der Waals surface area contributed by atoms with Gasteiger partial charge in [-0.2, -0.15) is 0 Å². The van der Waals surface area contributed by atoms with Crippen molar-refractivity contribution >= 4 is 21.8 Å². The van der Waals surface area contributed by atoms with Crippen LogP contribution < -0.4 is 10.1 Å². The van der Waals surface area contributed by atoms with E-state index in [0.29, 0.717) is 11.3 Å². The van der Waals surface area contributed by atoms with E-state index in [1.807, 2.05) is 36.4 Å². The number of hydrogen-bond donors (Lipinski definition) is 1. The predicted molar refractivity (Wildman–Crippen MR) is 87.6 cm³/mol. The first kappa shape index (κ1) is 15.6. The van der Waals surface area contributed by atoms with Crippen LogP contribution in [0.4, 0.5) is 0 Å². The second-order valence-corrected chi connectivity index (χ2v) is 5.60. The van der Waals surface area contributed by atoms with Crippen LogP contribution in [0.2, 0.25) is 0 Å². The molecule has 0 saturated carbocycles. The lowest BCUT2D eigenvalue weighted by atomic mass is 10.0. The lowest BCUT2D eigenvalue weighted by molar-refractivity contribution is 0.0932. The second kappa shape index (κ2) is 7.27. The molecule has 21 heavy (non-hydrogen) atoms. The predicted octanol–water partition coefficient (Wildman–Crippen LogP) is 4.34. The van der Waals surface area contributed by atoms with Gasteiger partial charge in [-0.05, 0) is 36.2 Å². The third-order valence-electron chi connectivity index (χ3n) is 3.34. The molecule has 0 bridgehead atoms. The van der Waals surface area contributed by atoms with Crippen molar-refractivity contribution in [1.29, 1.82) is 0 Å². The van der Waals surface area contributed by atoms with Gasteiger partial charge < -0.3 is 10.1 Å². The topological polar surface area (TPSA) is 38.3 Å². The number of carbonyl (C=O) groups excluding carboxylic acids is 1. The van der Waals surface area contributed by atoms with Gasteiger partial charge >= 0.3 is 0 Å². The Labute approximate surface area is 133 Å². The fourth-order valence-corrected chi connectivity index (χ4v) is 2.45. The van der Waals surface area contributed by atoms with Crippen LogP contribution in [0.25, 0.3) is 0 Å². The minimum absolute atomic E-state index is 0.0180. The fourth-order valence-electron chi connectivity index (χ4n) is 2.18. The van der Waals surface area contributed by atoms with Crippen LogP contribution in [0.5, 0.6) is 5.75 Å². The smallest absolute Gasteiger partial charge is 0.255 e. The largest absolute Gasteiger partial charge is 0.496 e. The molecular formula is C17H18BrNO2. The highest BCUT2D eigenvalue weighted by molar-refractivity contribution is 9.10. The van der Waals surface area contributed by atoms with Crippen molar-refractivity contribution in [2.75, 3.05) is 7.11 Å². The van der Waals surface area contributed by atoms with E-state index in [1.54, 1.807) is 19.2 Å². The van der Waals surface area contributed by atoms with Crippen LogP contribution >= 0.6 is 15.9 Å². The molecule has 2 aromatic rings. The van der Waals surface area contributed by atoms with Crippen molar-refractivity contribution in [2.24, 2.45) is 0 Å². The van der Waals surface area contributed by atoms with E-state index < -0.39 is 0 Å². The van der Waals surface area contributed by atoms with Gasteiger partial charge in [0.25, 0.3) is 5.91 Å². The normalized spacial score (nSPS) is 11.8. The standard InChI is InChI=1S/C17H18BrNO2/c1-3-15(12-8-10-13(18)11-9-12)19-17(20)14-6-4-5-7-16(14)21-2/h4-11,15H,3H2,1-2H3,(H,19,20). The van der Waals surface area contributed by atoms with Crippen molar-refractivity contribution in [1.82, 2.24) is 5.32 Å². The SMILES string of the molecule is CCC(NC(=O)c1ccccc1OC)c1ccc(Br)cc1. The van der Waals surface area contributed by atoms with Gasteiger partial charge in [-0.15, -0.1) is 0 Å². The molecule has 0 aliphatic heterocycles. The molecular weight excluding hydrogens is 330 g/mol. The molecule has 0 saturated heterocycles. The molecule has 1 amide bonds. The molecule has 4 heteroatoms. The molecule has 3 nitrogen and oxygen atoms in total. The van der Waals surface area contributed by atoms with Gasteiger partial charge in [-0.25, -0.2) is 0 Å². The van der Waals surface area contributed by atoms with Crippen molar-refractivity contribution in [3.8, 4) is 5.75 Å². The number of nitrogens with one attached hydrogen (secondary N) is 1. The second-order valence-electron chi connectivity index (χ2n) is 4.69. The van der Waals surface area contributed by atoms with Crippen molar-refractivity contribution in [3.05, 3.63) is 64.1 Å². The zero-order valence-corrected chi connectivity index (χ0v) is 13.7. The third-order valence-corrected chi connectivity index (χ3v) is 3.87. The lowest BCUT2D eigenvalue weighted by Gasteiger charge is -2.18. The van der Waals surface area contributed by atoms with Crippen LogP contribution in [0.3, 0.4) is 0 Å². The summed E-state index contributed by atoms with van der Waals surface area (Å²) in [6.45, 7) is 2.05. The number of carbonyl (C=O) groups is 1. The number of para-hydroxylation sites is 1. The zero-order valence-electron chi connectivity index (χ0n) is 12.1. The Balaban J connectivity index is 2.18. The molecule has 110 valence electrons. The highest BCUT2D eigenvalue weighted by Gasteiger charge is 2.16. The van der Waals surface area contributed by atoms with Gasteiger partial charge in [-0.3, -0.25) is 4.79 Å². The van der Waals surface area contributed by atoms with E-state index in [-0.39, 0.29) is 11.9 Å². The first-order valence-electron chi connectivity index (χ1n) is 6.85. The maximum Gasteiger partial charge on any atom is 0.255 e. The summed E-state index contributed by atoms with van der Waals surface area (Å²) in [5.74, 6) is 0.461. The summed E-state index contributed by atoms with van der Waals surface area (Å²) in [4.78, 5) is 12.4. The molecule has 0 fully saturated rings. The average Bonchev–Trinajstić information content (AvgIpc) is 2.53. The maximum absolute atomic E-state index is 12.4. The first-order chi connectivity index (χ1) is 10.2. The van der Waals surface area contributed by atoms with Gasteiger partial charge in [0.15, 0.2) is 0 Å². The lowest BCUT2D eigenvalue weighted by Crippen LogP contribution is -2.28. The monoisotopic (exact) mass is 347 g/mol. The van der Waals surface area contributed by atoms with Crippen molar-refractivity contribution in [3.63, 3.8) is 0 Å². The van der Waals surface area contributed by atoms with Gasteiger partial charge in [0.05, 0.1) is 18.7 Å². The number of amides is 1. The molecule has 2 rings (SSSR count). The van der Waals surface area contributed by atoms with Crippen LogP contribution in [0.1, 0.15) is 35.3 Å². The molecule has 2 aromatic carbocycles. The van der Waals surface area contributed by atoms with E-state index in [4.69, 9.17) is 4.74 Å². The summed E-state index contributed by atoms with van der Waals surface area (Å²) in [6, 6.07) is 15.2. The summed E-state index contributed by atoms with van der Waals surface area (Å²) in [6.07, 6.45) is 0.822. The summed E-state index contributed by atoms with van der Waals surface area (Å²) >= 11 is 3.42. The number of rotatable bonds is 5. The Hall–Kier alpha value is -1.81. The van der Waals surface area contributed by atoms with E-state index in [1.165, 1.54) is 0 Å². The molecule has 1 N–H and O–H groups in total. The molecule has 0 aliphatic rings. The average molecular weight is 348 g/mol. The summed E-state index contributed by atoms with van der Waals surface area (Å²) in [5, 5.41) is 3.06. The molecule has 0 radical (unpaired) electrons. The number of benzene rings is 2. The fraction of sp³-hybridized carbons (Fsp3) is 0.235. The zero-order chi connectivity index (χ0) is 15.2. The minimum atomic E-state index is -0.123. The summed E-state index contributed by atoms with van der Waals surface area (Å²) < 4.78 is 6.26. The molecule has 0 spiro atoms. The first-order valence-corrected chi connectivity index (χ1v) is 7.64. The number of halogens is 1. The van der Waals surface area contributed by atoms with Gasteiger partial charge in [-0.1, -0.05) is 47.1 Å². The molecule has 0 aliphatic carbocycles. The summed E-state index contributed by atoms with van der Waals surface area (Å²) in [5.41, 5.74) is 1.64. The number of ether oxygens (including phenoxy) is 1. The number of hydrogen-bond acceptors (Lipinski definition) is 2. The third kappa shape index (κ3) is 3.85. The molecule has 0 aromatic heterocycles. The van der Waals surface area contributed by atoms with Gasteiger partial charge in [0.1, 0.15) is 5.75 Å². The Morgan fingerprint density at radius 2 is 1.86 bits per heavy atom. The highest BCUT2D eigenvalue weighted by atomic mass is 79.9. The Morgan fingerprint density at radius 1 is 1.19 bits per heavy atom.